The summed E-state index contributed by atoms with van der Waals surface area (Å²) in [4.78, 5) is 11.5. The van der Waals surface area contributed by atoms with E-state index in [1.54, 1.807) is 0 Å². The quantitative estimate of drug-likeness (QED) is 0.670. The van der Waals surface area contributed by atoms with Crippen molar-refractivity contribution in [2.24, 2.45) is 0 Å². The minimum Gasteiger partial charge on any atom is -0.468 e. The van der Waals surface area contributed by atoms with Crippen molar-refractivity contribution in [1.29, 1.82) is 0 Å². The Kier molecular flexibility index (Phi) is 7.16. The topological polar surface area (TPSA) is 56.8 Å². The van der Waals surface area contributed by atoms with Gasteiger partial charge in [-0.05, 0) is 6.42 Å². The molecule has 0 radical (unpaired) electrons. The number of unbranched alkanes of at least 4 members (excludes halogenated alkanes) is 1. The molecule has 1 fully saturated rings. The van der Waals surface area contributed by atoms with Gasteiger partial charge < -0.3 is 19.5 Å². The van der Waals surface area contributed by atoms with Crippen LogP contribution in [0.2, 0.25) is 0 Å². The molecule has 0 aromatic heterocycles. The van der Waals surface area contributed by atoms with Crippen LogP contribution in [0, 0.1) is 0 Å². The van der Waals surface area contributed by atoms with E-state index in [2.05, 4.69) is 12.2 Å². The van der Waals surface area contributed by atoms with Crippen molar-refractivity contribution in [1.82, 2.24) is 5.32 Å². The van der Waals surface area contributed by atoms with Gasteiger partial charge in [-0.3, -0.25) is 4.79 Å². The summed E-state index contributed by atoms with van der Waals surface area (Å²) in [7, 11) is 1.42. The van der Waals surface area contributed by atoms with Gasteiger partial charge in [0.05, 0.1) is 33.0 Å². The molecule has 0 aromatic rings. The molecule has 1 N–H and O–H groups in total. The molecule has 0 aromatic carbocycles. The number of nitrogens with one attached hydrogen (secondary N) is 1. The summed E-state index contributed by atoms with van der Waals surface area (Å²) in [6.45, 7) is 4.61. The Morgan fingerprint density at radius 2 is 2.35 bits per heavy atom. The lowest BCUT2D eigenvalue weighted by molar-refractivity contribution is -0.144. The van der Waals surface area contributed by atoms with Crippen molar-refractivity contribution in [2.45, 2.75) is 38.3 Å². The molecule has 0 bridgehead atoms. The van der Waals surface area contributed by atoms with Gasteiger partial charge in [-0.25, -0.2) is 0 Å². The van der Waals surface area contributed by atoms with Crippen LogP contribution in [0.1, 0.15) is 26.2 Å². The van der Waals surface area contributed by atoms with E-state index in [1.807, 2.05) is 0 Å². The second-order valence-corrected chi connectivity index (χ2v) is 4.19. The number of hydrogen-bond acceptors (Lipinski definition) is 5. The zero-order valence-corrected chi connectivity index (χ0v) is 10.7. The van der Waals surface area contributed by atoms with E-state index in [1.165, 1.54) is 7.11 Å². The maximum atomic E-state index is 11.5. The molecular weight excluding hydrogens is 222 g/mol. The van der Waals surface area contributed by atoms with E-state index in [4.69, 9.17) is 14.2 Å². The Hall–Kier alpha value is -0.650. The van der Waals surface area contributed by atoms with Crippen molar-refractivity contribution >= 4 is 5.97 Å². The van der Waals surface area contributed by atoms with Crippen LogP contribution in [0.5, 0.6) is 0 Å². The lowest BCUT2D eigenvalue weighted by Gasteiger charge is -2.25. The minimum atomic E-state index is -0.231. The summed E-state index contributed by atoms with van der Waals surface area (Å²) in [5.41, 5.74) is 0. The van der Waals surface area contributed by atoms with Crippen LogP contribution in [0.4, 0.5) is 0 Å². The zero-order chi connectivity index (χ0) is 12.5. The third kappa shape index (κ3) is 5.48. The van der Waals surface area contributed by atoms with Gasteiger partial charge >= 0.3 is 5.97 Å². The molecule has 1 saturated heterocycles. The molecule has 2 unspecified atom stereocenters. The van der Waals surface area contributed by atoms with Crippen LogP contribution in [-0.2, 0) is 19.0 Å². The van der Waals surface area contributed by atoms with E-state index in [0.29, 0.717) is 26.4 Å². The highest BCUT2D eigenvalue weighted by Gasteiger charge is 2.21. The molecule has 1 aliphatic rings. The minimum absolute atomic E-state index is 0.0394. The summed E-state index contributed by atoms with van der Waals surface area (Å²) in [5, 5.41) is 3.20. The highest BCUT2D eigenvalue weighted by atomic mass is 16.6. The number of hydrogen-bond donors (Lipinski definition) is 1. The molecule has 0 amide bonds. The monoisotopic (exact) mass is 245 g/mol. The molecule has 5 nitrogen and oxygen atoms in total. The molecule has 17 heavy (non-hydrogen) atoms. The van der Waals surface area contributed by atoms with Gasteiger partial charge in [0.15, 0.2) is 0 Å². The first-order chi connectivity index (χ1) is 8.27. The molecular formula is C12H23NO4. The summed E-state index contributed by atoms with van der Waals surface area (Å²) in [6, 6.07) is -0.231. The summed E-state index contributed by atoms with van der Waals surface area (Å²) in [6.07, 6.45) is 2.92. The normalized spacial score (nSPS) is 22.1. The molecule has 0 saturated carbocycles. The van der Waals surface area contributed by atoms with Gasteiger partial charge in [-0.15, -0.1) is 0 Å². The fourth-order valence-corrected chi connectivity index (χ4v) is 1.78. The van der Waals surface area contributed by atoms with E-state index in [-0.39, 0.29) is 18.1 Å². The maximum Gasteiger partial charge on any atom is 0.322 e. The van der Waals surface area contributed by atoms with E-state index in [0.717, 1.165) is 19.3 Å². The Labute approximate surface area is 103 Å². The van der Waals surface area contributed by atoms with Crippen molar-refractivity contribution in [3.63, 3.8) is 0 Å². The first-order valence-electron chi connectivity index (χ1n) is 6.28. The van der Waals surface area contributed by atoms with Gasteiger partial charge in [0.2, 0.25) is 0 Å². The number of carbonyl (C=O) groups is 1. The molecule has 0 aliphatic carbocycles. The van der Waals surface area contributed by atoms with E-state index >= 15 is 0 Å². The van der Waals surface area contributed by atoms with Gasteiger partial charge in [0.1, 0.15) is 6.04 Å². The largest absolute Gasteiger partial charge is 0.468 e. The molecule has 1 heterocycles. The third-order valence-corrected chi connectivity index (χ3v) is 2.81. The molecule has 1 rings (SSSR count). The average Bonchev–Trinajstić information content (AvgIpc) is 2.39. The molecule has 1 aliphatic heterocycles. The molecule has 0 spiro atoms. The van der Waals surface area contributed by atoms with Crippen LogP contribution in [-0.4, -0.2) is 51.6 Å². The van der Waals surface area contributed by atoms with Crippen molar-refractivity contribution in [3.8, 4) is 0 Å². The second kappa shape index (κ2) is 8.44. The van der Waals surface area contributed by atoms with Crippen LogP contribution < -0.4 is 5.32 Å². The van der Waals surface area contributed by atoms with Crippen molar-refractivity contribution < 1.29 is 19.0 Å². The number of carbonyl (C=O) groups excluding carboxylic acids is 1. The highest BCUT2D eigenvalue weighted by molar-refractivity contribution is 5.75. The summed E-state index contributed by atoms with van der Waals surface area (Å²) in [5.74, 6) is -0.199. The Bertz CT molecular complexity index is 217. The highest BCUT2D eigenvalue weighted by Crippen LogP contribution is 2.04. The summed E-state index contributed by atoms with van der Waals surface area (Å²) < 4.78 is 15.6. The standard InChI is InChI=1S/C12H23NO4/c1-3-4-5-11(12(14)15-2)13-8-10-9-16-6-7-17-10/h10-11,13H,3-9H2,1-2H3. The Balaban J connectivity index is 2.28. The first-order valence-corrected chi connectivity index (χ1v) is 6.28. The second-order valence-electron chi connectivity index (χ2n) is 4.19. The van der Waals surface area contributed by atoms with Crippen molar-refractivity contribution in [2.75, 3.05) is 33.5 Å². The molecule has 2 atom stereocenters. The van der Waals surface area contributed by atoms with E-state index < -0.39 is 0 Å². The van der Waals surface area contributed by atoms with Crippen LogP contribution in [0.3, 0.4) is 0 Å². The molecule has 100 valence electrons. The predicted molar refractivity (Wildman–Crippen MR) is 63.9 cm³/mol. The Morgan fingerprint density at radius 3 is 2.94 bits per heavy atom. The van der Waals surface area contributed by atoms with Crippen molar-refractivity contribution in [3.05, 3.63) is 0 Å². The average molecular weight is 245 g/mol. The molecule has 5 heteroatoms. The van der Waals surface area contributed by atoms with Gasteiger partial charge in [-0.1, -0.05) is 19.8 Å². The Morgan fingerprint density at radius 1 is 1.53 bits per heavy atom. The number of ether oxygens (including phenoxy) is 3. The third-order valence-electron chi connectivity index (χ3n) is 2.81. The number of rotatable bonds is 7. The van der Waals surface area contributed by atoms with Gasteiger partial charge in [-0.2, -0.15) is 0 Å². The number of methoxy groups -OCH3 is 1. The lowest BCUT2D eigenvalue weighted by Crippen LogP contribution is -2.45. The van der Waals surface area contributed by atoms with Crippen LogP contribution >= 0.6 is 0 Å². The zero-order valence-electron chi connectivity index (χ0n) is 10.7. The SMILES string of the molecule is CCCCC(NCC1COCCO1)C(=O)OC. The number of esters is 1. The lowest BCUT2D eigenvalue weighted by atomic mass is 10.1. The van der Waals surface area contributed by atoms with Crippen LogP contribution in [0.15, 0.2) is 0 Å². The fraction of sp³-hybridized carbons (Fsp3) is 0.917. The fourth-order valence-electron chi connectivity index (χ4n) is 1.78. The summed E-state index contributed by atoms with van der Waals surface area (Å²) >= 11 is 0. The van der Waals surface area contributed by atoms with Gasteiger partial charge in [0.25, 0.3) is 0 Å². The van der Waals surface area contributed by atoms with Crippen LogP contribution in [0.25, 0.3) is 0 Å². The first kappa shape index (κ1) is 14.4. The van der Waals surface area contributed by atoms with E-state index in [9.17, 15) is 4.79 Å². The smallest absolute Gasteiger partial charge is 0.322 e. The van der Waals surface area contributed by atoms with Gasteiger partial charge in [0, 0.05) is 6.54 Å². The predicted octanol–water partition coefficient (Wildman–Crippen LogP) is 0.723. The maximum absolute atomic E-state index is 11.5.